The molecule has 0 aromatic carbocycles. The molecule has 30 heavy (non-hydrogen) atoms. The Morgan fingerprint density at radius 2 is 2.03 bits per heavy atom. The van der Waals surface area contributed by atoms with Gasteiger partial charge >= 0.3 is 0 Å². The molecule has 0 unspecified atom stereocenters. The highest BCUT2D eigenvalue weighted by Crippen LogP contribution is 2.29. The van der Waals surface area contributed by atoms with Crippen molar-refractivity contribution < 1.29 is 5.11 Å². The number of piperazine rings is 1. The summed E-state index contributed by atoms with van der Waals surface area (Å²) in [6, 6.07) is 8.01. The Hall–Kier alpha value is -3.08. The summed E-state index contributed by atoms with van der Waals surface area (Å²) in [5.41, 5.74) is 3.81. The van der Waals surface area contributed by atoms with Crippen LogP contribution >= 0.6 is 11.3 Å². The zero-order chi connectivity index (χ0) is 20.3. The minimum absolute atomic E-state index is 0.212. The quantitative estimate of drug-likeness (QED) is 0.435. The summed E-state index contributed by atoms with van der Waals surface area (Å²) in [5.74, 6) is 0.763. The van der Waals surface area contributed by atoms with Gasteiger partial charge in [0.2, 0.25) is 0 Å². The molecular formula is C20H22N8OS. The van der Waals surface area contributed by atoms with Gasteiger partial charge in [0.1, 0.15) is 16.2 Å². The lowest BCUT2D eigenvalue weighted by atomic mass is 10.2. The van der Waals surface area contributed by atoms with Crippen molar-refractivity contribution in [1.29, 1.82) is 0 Å². The van der Waals surface area contributed by atoms with Crippen LogP contribution in [-0.4, -0.2) is 74.5 Å². The molecule has 10 heteroatoms. The molecule has 0 spiro atoms. The maximum absolute atomic E-state index is 9.11. The van der Waals surface area contributed by atoms with Gasteiger partial charge in [0, 0.05) is 62.4 Å². The van der Waals surface area contributed by atoms with Crippen LogP contribution in [0.5, 0.6) is 0 Å². The monoisotopic (exact) mass is 422 g/mol. The highest BCUT2D eigenvalue weighted by molar-refractivity contribution is 7.21. The molecule has 5 heterocycles. The number of aliphatic hydroxyl groups excluding tert-OH is 1. The zero-order valence-electron chi connectivity index (χ0n) is 16.3. The predicted octanol–water partition coefficient (Wildman–Crippen LogP) is 2.33. The Balaban J connectivity index is 1.31. The summed E-state index contributed by atoms with van der Waals surface area (Å²) in [6.07, 6.45) is 5.40. The van der Waals surface area contributed by atoms with E-state index in [-0.39, 0.29) is 6.61 Å². The molecule has 0 aliphatic carbocycles. The van der Waals surface area contributed by atoms with E-state index in [2.05, 4.69) is 41.3 Å². The number of aromatic amines is 1. The molecular weight excluding hydrogens is 400 g/mol. The van der Waals surface area contributed by atoms with Gasteiger partial charge in [-0.25, -0.2) is 15.0 Å². The molecule has 5 rings (SSSR count). The first-order valence-electron chi connectivity index (χ1n) is 9.86. The highest BCUT2D eigenvalue weighted by Gasteiger charge is 2.17. The van der Waals surface area contributed by atoms with Crippen molar-refractivity contribution in [2.45, 2.75) is 0 Å². The molecule has 4 aromatic rings. The third-order valence-electron chi connectivity index (χ3n) is 5.18. The van der Waals surface area contributed by atoms with Crippen molar-refractivity contribution in [3.63, 3.8) is 0 Å². The van der Waals surface area contributed by atoms with Crippen LogP contribution in [0.2, 0.25) is 0 Å². The number of aromatic nitrogens is 5. The Morgan fingerprint density at radius 1 is 1.13 bits per heavy atom. The van der Waals surface area contributed by atoms with E-state index in [4.69, 9.17) is 10.1 Å². The SMILES string of the molecule is OCCN1CCN(c2ccnc(Nc3nc4ccc(-c5cn[nH]c5)nc4s3)c2)CC1. The van der Waals surface area contributed by atoms with E-state index in [1.807, 2.05) is 30.6 Å². The molecule has 0 radical (unpaired) electrons. The Labute approximate surface area is 177 Å². The minimum Gasteiger partial charge on any atom is -0.395 e. The smallest absolute Gasteiger partial charge is 0.190 e. The third-order valence-corrected chi connectivity index (χ3v) is 6.06. The second-order valence-corrected chi connectivity index (χ2v) is 8.08. The maximum atomic E-state index is 9.11. The molecule has 0 amide bonds. The van der Waals surface area contributed by atoms with E-state index in [1.165, 1.54) is 11.3 Å². The summed E-state index contributed by atoms with van der Waals surface area (Å²) >= 11 is 1.50. The number of hydrogen-bond donors (Lipinski definition) is 3. The number of β-amino-alcohol motifs (C(OH)–C–C–N with tert-alkyl or cyclic N) is 1. The first kappa shape index (κ1) is 18.9. The summed E-state index contributed by atoms with van der Waals surface area (Å²) in [4.78, 5) is 19.3. The molecule has 4 aromatic heterocycles. The Morgan fingerprint density at radius 3 is 2.83 bits per heavy atom. The van der Waals surface area contributed by atoms with Crippen LogP contribution in [0.4, 0.5) is 16.6 Å². The van der Waals surface area contributed by atoms with Gasteiger partial charge in [0.05, 0.1) is 18.5 Å². The number of pyridine rings is 2. The Bertz CT molecular complexity index is 1120. The van der Waals surface area contributed by atoms with Crippen LogP contribution in [0.1, 0.15) is 0 Å². The number of fused-ring (bicyclic) bond motifs is 1. The molecule has 0 saturated carbocycles. The lowest BCUT2D eigenvalue weighted by Crippen LogP contribution is -2.47. The average molecular weight is 423 g/mol. The number of nitrogens with zero attached hydrogens (tertiary/aromatic N) is 6. The van der Waals surface area contributed by atoms with Gasteiger partial charge in [-0.05, 0) is 18.2 Å². The van der Waals surface area contributed by atoms with E-state index in [1.54, 1.807) is 6.20 Å². The number of H-pyrrole nitrogens is 1. The van der Waals surface area contributed by atoms with E-state index >= 15 is 0 Å². The van der Waals surface area contributed by atoms with E-state index < -0.39 is 0 Å². The zero-order valence-corrected chi connectivity index (χ0v) is 17.1. The van der Waals surface area contributed by atoms with Crippen LogP contribution < -0.4 is 10.2 Å². The summed E-state index contributed by atoms with van der Waals surface area (Å²) in [6.45, 7) is 4.73. The standard InChI is InChI=1S/C20H22N8OS/c29-10-9-27-5-7-28(8-6-27)15-3-4-21-18(11-15)26-20-25-17-2-1-16(24-19(17)30-20)14-12-22-23-13-14/h1-4,11-13,29H,5-10H2,(H,22,23)(H,21,25,26). The summed E-state index contributed by atoms with van der Waals surface area (Å²) in [5, 5.41) is 20.0. The van der Waals surface area contributed by atoms with Crippen LogP contribution in [0.15, 0.2) is 42.9 Å². The maximum Gasteiger partial charge on any atom is 0.190 e. The number of anilines is 3. The minimum atomic E-state index is 0.212. The molecule has 9 nitrogen and oxygen atoms in total. The fourth-order valence-electron chi connectivity index (χ4n) is 3.59. The van der Waals surface area contributed by atoms with Gasteiger partial charge in [0.25, 0.3) is 0 Å². The lowest BCUT2D eigenvalue weighted by Gasteiger charge is -2.35. The van der Waals surface area contributed by atoms with Gasteiger partial charge in [-0.15, -0.1) is 0 Å². The molecule has 154 valence electrons. The van der Waals surface area contributed by atoms with Crippen molar-refractivity contribution in [2.75, 3.05) is 49.5 Å². The average Bonchev–Trinajstić information content (AvgIpc) is 3.44. The topological polar surface area (TPSA) is 106 Å². The normalized spacial score (nSPS) is 15.0. The van der Waals surface area contributed by atoms with Crippen LogP contribution in [0.25, 0.3) is 21.6 Å². The van der Waals surface area contributed by atoms with Gasteiger partial charge in [-0.3, -0.25) is 10.00 Å². The van der Waals surface area contributed by atoms with Crippen LogP contribution in [-0.2, 0) is 0 Å². The second kappa shape index (κ2) is 8.34. The molecule has 0 bridgehead atoms. The van der Waals surface area contributed by atoms with Crippen molar-refractivity contribution in [2.24, 2.45) is 0 Å². The molecule has 3 N–H and O–H groups in total. The van der Waals surface area contributed by atoms with Gasteiger partial charge in [0.15, 0.2) is 5.13 Å². The van der Waals surface area contributed by atoms with Crippen molar-refractivity contribution in [3.05, 3.63) is 42.9 Å². The van der Waals surface area contributed by atoms with E-state index in [0.717, 1.165) is 71.0 Å². The number of rotatable bonds is 6. The number of thiazole rings is 1. The third kappa shape index (κ3) is 3.97. The van der Waals surface area contributed by atoms with Crippen LogP contribution in [0, 0.1) is 0 Å². The Kier molecular flexibility index (Phi) is 5.26. The summed E-state index contributed by atoms with van der Waals surface area (Å²) in [7, 11) is 0. The molecule has 0 atom stereocenters. The molecule has 1 aliphatic heterocycles. The van der Waals surface area contributed by atoms with Gasteiger partial charge in [-0.2, -0.15) is 5.10 Å². The fourth-order valence-corrected chi connectivity index (χ4v) is 4.43. The second-order valence-electron chi connectivity index (χ2n) is 7.10. The lowest BCUT2D eigenvalue weighted by molar-refractivity contribution is 0.189. The number of aliphatic hydroxyl groups is 1. The van der Waals surface area contributed by atoms with Gasteiger partial charge in [-0.1, -0.05) is 11.3 Å². The van der Waals surface area contributed by atoms with E-state index in [0.29, 0.717) is 0 Å². The molecule has 1 saturated heterocycles. The van der Waals surface area contributed by atoms with Crippen molar-refractivity contribution in [1.82, 2.24) is 30.0 Å². The largest absolute Gasteiger partial charge is 0.395 e. The molecule has 1 fully saturated rings. The predicted molar refractivity (Wildman–Crippen MR) is 118 cm³/mol. The first-order valence-corrected chi connectivity index (χ1v) is 10.7. The number of hydrogen-bond acceptors (Lipinski definition) is 9. The van der Waals surface area contributed by atoms with E-state index in [9.17, 15) is 0 Å². The summed E-state index contributed by atoms with van der Waals surface area (Å²) < 4.78 is 0. The van der Waals surface area contributed by atoms with Crippen LogP contribution in [0.3, 0.4) is 0 Å². The first-order chi connectivity index (χ1) is 14.8. The van der Waals surface area contributed by atoms with Crippen molar-refractivity contribution >= 4 is 38.3 Å². The van der Waals surface area contributed by atoms with Gasteiger partial charge < -0.3 is 15.3 Å². The molecule has 1 aliphatic rings. The number of nitrogens with one attached hydrogen (secondary N) is 2. The van der Waals surface area contributed by atoms with Crippen molar-refractivity contribution in [3.8, 4) is 11.3 Å². The highest BCUT2D eigenvalue weighted by atomic mass is 32.1. The fraction of sp³-hybridized carbons (Fsp3) is 0.300.